The number of rotatable bonds is 5. The van der Waals surface area contributed by atoms with Crippen LogP contribution in [0.2, 0.25) is 5.02 Å². The fourth-order valence-corrected chi connectivity index (χ4v) is 3.48. The van der Waals surface area contributed by atoms with Crippen molar-refractivity contribution < 1.29 is 0 Å². The van der Waals surface area contributed by atoms with Crippen LogP contribution in [0.25, 0.3) is 10.9 Å². The van der Waals surface area contributed by atoms with Crippen LogP contribution < -0.4 is 5.32 Å². The largest absolute Gasteiger partial charge is 0.317 e. The van der Waals surface area contributed by atoms with E-state index in [4.69, 9.17) is 11.6 Å². The Hall–Kier alpha value is -0.870. The van der Waals surface area contributed by atoms with Crippen LogP contribution in [0.4, 0.5) is 0 Å². The van der Waals surface area contributed by atoms with Crippen LogP contribution in [0.15, 0.2) is 30.5 Å². The molecule has 3 nitrogen and oxygen atoms in total. The summed E-state index contributed by atoms with van der Waals surface area (Å²) in [5, 5.41) is 5.32. The maximum absolute atomic E-state index is 6.28. The third-order valence-corrected chi connectivity index (χ3v) is 4.91. The van der Waals surface area contributed by atoms with E-state index < -0.39 is 0 Å². The van der Waals surface area contributed by atoms with Crippen molar-refractivity contribution in [1.29, 1.82) is 0 Å². The average Bonchev–Trinajstić information content (AvgIpc) is 2.57. The minimum atomic E-state index is 0. The van der Waals surface area contributed by atoms with Crippen molar-refractivity contribution in [3.8, 4) is 0 Å². The summed E-state index contributed by atoms with van der Waals surface area (Å²) < 4.78 is 0. The number of nitrogens with zero attached hydrogens (tertiary/aromatic N) is 2. The molecule has 0 atom stereocenters. The molecule has 5 heteroatoms. The minimum absolute atomic E-state index is 0. The van der Waals surface area contributed by atoms with Crippen LogP contribution in [0.3, 0.4) is 0 Å². The fraction of sp³-hybridized carbons (Fsp3) is 0.500. The van der Waals surface area contributed by atoms with Crippen LogP contribution in [0.1, 0.15) is 25.3 Å². The molecule has 0 amide bonds. The molecule has 0 unspecified atom stereocenters. The Kier molecular flexibility index (Phi) is 7.09. The van der Waals surface area contributed by atoms with Gasteiger partial charge in [0.15, 0.2) is 0 Å². The van der Waals surface area contributed by atoms with Gasteiger partial charge in [0, 0.05) is 23.2 Å². The van der Waals surface area contributed by atoms with Gasteiger partial charge in [0.25, 0.3) is 0 Å². The molecule has 0 aliphatic carbocycles. The van der Waals surface area contributed by atoms with E-state index in [1.807, 2.05) is 18.3 Å². The van der Waals surface area contributed by atoms with E-state index in [2.05, 4.69) is 34.3 Å². The van der Waals surface area contributed by atoms with Crippen LogP contribution in [-0.2, 0) is 6.54 Å². The Morgan fingerprint density at radius 1 is 1.26 bits per heavy atom. The van der Waals surface area contributed by atoms with Gasteiger partial charge in [-0.2, -0.15) is 0 Å². The number of nitrogens with one attached hydrogen (secondary N) is 1. The number of hydrogen-bond donors (Lipinski definition) is 1. The highest BCUT2D eigenvalue weighted by atomic mass is 35.5. The van der Waals surface area contributed by atoms with Crippen molar-refractivity contribution >= 4 is 34.9 Å². The van der Waals surface area contributed by atoms with Gasteiger partial charge in [-0.3, -0.25) is 9.88 Å². The highest BCUT2D eigenvalue weighted by molar-refractivity contribution is 6.35. The van der Waals surface area contributed by atoms with Gasteiger partial charge in [-0.25, -0.2) is 0 Å². The molecular weight excluding hydrogens is 329 g/mol. The number of fused-ring (bicyclic) bond motifs is 1. The first-order valence-corrected chi connectivity index (χ1v) is 8.61. The lowest BCUT2D eigenvalue weighted by Crippen LogP contribution is -2.36. The van der Waals surface area contributed by atoms with Gasteiger partial charge < -0.3 is 5.32 Å². The molecule has 0 spiro atoms. The molecule has 0 radical (unpaired) electrons. The molecule has 2 aromatic rings. The van der Waals surface area contributed by atoms with E-state index in [0.29, 0.717) is 0 Å². The molecule has 1 fully saturated rings. The third-order valence-electron chi connectivity index (χ3n) is 4.58. The summed E-state index contributed by atoms with van der Waals surface area (Å²) in [5.74, 6) is 0.830. The molecular formula is C18H25Cl2N3. The minimum Gasteiger partial charge on any atom is -0.317 e. The summed E-state index contributed by atoms with van der Waals surface area (Å²) in [6.45, 7) is 7.73. The van der Waals surface area contributed by atoms with E-state index in [9.17, 15) is 0 Å². The summed E-state index contributed by atoms with van der Waals surface area (Å²) in [4.78, 5) is 7.08. The quantitative estimate of drug-likeness (QED) is 0.875. The van der Waals surface area contributed by atoms with Gasteiger partial charge in [-0.15, -0.1) is 12.4 Å². The highest BCUT2D eigenvalue weighted by Gasteiger charge is 2.19. The smallest absolute Gasteiger partial charge is 0.0761 e. The van der Waals surface area contributed by atoms with Crippen molar-refractivity contribution in [3.05, 3.63) is 41.0 Å². The second-order valence-electron chi connectivity index (χ2n) is 6.13. The first-order valence-electron chi connectivity index (χ1n) is 8.23. The zero-order chi connectivity index (χ0) is 15.4. The molecule has 1 aromatic carbocycles. The molecule has 0 bridgehead atoms. The SMILES string of the molecule is CCNCC1CCN(Cc2ccc(Cl)c3cccnc23)CC1.Cl. The first kappa shape index (κ1) is 18.5. The second-order valence-corrected chi connectivity index (χ2v) is 6.54. The Bertz CT molecular complexity index is 625. The van der Waals surface area contributed by atoms with Crippen molar-refractivity contribution in [1.82, 2.24) is 15.2 Å². The van der Waals surface area contributed by atoms with Crippen LogP contribution >= 0.6 is 24.0 Å². The monoisotopic (exact) mass is 353 g/mol. The lowest BCUT2D eigenvalue weighted by atomic mass is 9.96. The van der Waals surface area contributed by atoms with E-state index in [-0.39, 0.29) is 12.4 Å². The van der Waals surface area contributed by atoms with Crippen LogP contribution in [0.5, 0.6) is 0 Å². The van der Waals surface area contributed by atoms with Gasteiger partial charge in [-0.05, 0) is 68.7 Å². The normalized spacial score (nSPS) is 16.4. The Morgan fingerprint density at radius 3 is 2.78 bits per heavy atom. The number of hydrogen-bond acceptors (Lipinski definition) is 3. The molecule has 1 aliphatic rings. The molecule has 126 valence electrons. The maximum Gasteiger partial charge on any atom is 0.0761 e. The highest BCUT2D eigenvalue weighted by Crippen LogP contribution is 2.26. The molecule has 1 aliphatic heterocycles. The number of benzene rings is 1. The maximum atomic E-state index is 6.28. The fourth-order valence-electron chi connectivity index (χ4n) is 3.26. The van der Waals surface area contributed by atoms with Crippen molar-refractivity contribution in [2.24, 2.45) is 5.92 Å². The molecule has 23 heavy (non-hydrogen) atoms. The Morgan fingerprint density at radius 2 is 2.04 bits per heavy atom. The third kappa shape index (κ3) is 4.57. The van der Waals surface area contributed by atoms with Gasteiger partial charge in [0.2, 0.25) is 0 Å². The summed E-state index contributed by atoms with van der Waals surface area (Å²) in [6, 6.07) is 8.13. The van der Waals surface area contributed by atoms with Crippen molar-refractivity contribution in [2.75, 3.05) is 26.2 Å². The van der Waals surface area contributed by atoms with Gasteiger partial charge in [-0.1, -0.05) is 24.6 Å². The Balaban J connectivity index is 0.00000192. The number of likely N-dealkylation sites (tertiary alicyclic amines) is 1. The molecule has 1 saturated heterocycles. The lowest BCUT2D eigenvalue weighted by Gasteiger charge is -2.32. The standard InChI is InChI=1S/C18H24ClN3.ClH/c1-2-20-12-14-7-10-22(11-8-14)13-15-5-6-17(19)16-4-3-9-21-18(15)16;/h3-6,9,14,20H,2,7-8,10-13H2,1H3;1H. The molecule has 3 rings (SSSR count). The van der Waals surface area contributed by atoms with Gasteiger partial charge >= 0.3 is 0 Å². The van der Waals surface area contributed by atoms with E-state index in [1.54, 1.807) is 0 Å². The van der Waals surface area contributed by atoms with Crippen LogP contribution in [-0.4, -0.2) is 36.1 Å². The number of pyridine rings is 1. The second kappa shape index (κ2) is 8.84. The molecule has 0 saturated carbocycles. The molecule has 1 N–H and O–H groups in total. The van der Waals surface area contributed by atoms with E-state index >= 15 is 0 Å². The zero-order valence-electron chi connectivity index (χ0n) is 13.6. The number of piperidine rings is 1. The predicted molar refractivity (Wildman–Crippen MR) is 101 cm³/mol. The number of aromatic nitrogens is 1. The topological polar surface area (TPSA) is 28.2 Å². The summed E-state index contributed by atoms with van der Waals surface area (Å²) in [6.07, 6.45) is 4.42. The predicted octanol–water partition coefficient (Wildman–Crippen LogP) is 4.13. The summed E-state index contributed by atoms with van der Waals surface area (Å²) >= 11 is 6.28. The number of halogens is 2. The zero-order valence-corrected chi connectivity index (χ0v) is 15.2. The summed E-state index contributed by atoms with van der Waals surface area (Å²) in [7, 11) is 0. The lowest BCUT2D eigenvalue weighted by molar-refractivity contribution is 0.176. The van der Waals surface area contributed by atoms with Crippen LogP contribution in [0, 0.1) is 5.92 Å². The summed E-state index contributed by atoms with van der Waals surface area (Å²) in [5.41, 5.74) is 2.33. The van der Waals surface area contributed by atoms with Gasteiger partial charge in [0.1, 0.15) is 0 Å². The molecule has 2 heterocycles. The first-order chi connectivity index (χ1) is 10.8. The Labute approximate surface area is 149 Å². The molecule has 1 aromatic heterocycles. The average molecular weight is 354 g/mol. The van der Waals surface area contributed by atoms with E-state index in [1.165, 1.54) is 31.5 Å². The van der Waals surface area contributed by atoms with E-state index in [0.717, 1.165) is 41.5 Å². The van der Waals surface area contributed by atoms with Crippen molar-refractivity contribution in [2.45, 2.75) is 26.3 Å². The van der Waals surface area contributed by atoms with Crippen molar-refractivity contribution in [3.63, 3.8) is 0 Å². The van der Waals surface area contributed by atoms with Gasteiger partial charge in [0.05, 0.1) is 5.52 Å².